The molecule has 2 fully saturated rings. The predicted molar refractivity (Wildman–Crippen MR) is 94.2 cm³/mol. The molecule has 0 aromatic rings. The van der Waals surface area contributed by atoms with Gasteiger partial charge in [-0.15, -0.1) is 0 Å². The third kappa shape index (κ3) is 4.54. The average Bonchev–Trinajstić information content (AvgIpc) is 2.58. The molecule has 2 saturated heterocycles. The van der Waals surface area contributed by atoms with Crippen molar-refractivity contribution in [3.8, 4) is 0 Å². The Morgan fingerprint density at radius 2 is 1.16 bits per heavy atom. The Balaban J connectivity index is 2.30. The second kappa shape index (κ2) is 7.79. The van der Waals surface area contributed by atoms with E-state index < -0.39 is 11.6 Å². The molecule has 25 heavy (non-hydrogen) atoms. The van der Waals surface area contributed by atoms with E-state index in [1.54, 1.807) is 0 Å². The van der Waals surface area contributed by atoms with Gasteiger partial charge in [-0.2, -0.15) is 0 Å². The lowest BCUT2D eigenvalue weighted by atomic mass is 9.65. The van der Waals surface area contributed by atoms with Crippen LogP contribution in [0.15, 0.2) is 0 Å². The molecule has 0 aromatic heterocycles. The average molecular weight is 360 g/mol. The summed E-state index contributed by atoms with van der Waals surface area (Å²) in [5.74, 6) is -1.16. The Morgan fingerprint density at radius 3 is 1.44 bits per heavy atom. The molecule has 6 heteroatoms. The van der Waals surface area contributed by atoms with Crippen molar-refractivity contribution < 1.29 is 28.8 Å². The van der Waals surface area contributed by atoms with Crippen LogP contribution in [0, 0.1) is 10.8 Å². The molecule has 148 valence electrons. The first-order valence-electron chi connectivity index (χ1n) is 9.42. The van der Waals surface area contributed by atoms with Crippen LogP contribution < -0.4 is 0 Å². The van der Waals surface area contributed by atoms with Crippen LogP contribution in [-0.2, 0) is 23.7 Å². The van der Waals surface area contributed by atoms with Gasteiger partial charge in [0.1, 0.15) is 0 Å². The molecular weight excluding hydrogens is 324 g/mol. The van der Waals surface area contributed by atoms with Crippen molar-refractivity contribution in [1.29, 1.82) is 0 Å². The van der Waals surface area contributed by atoms with Crippen LogP contribution >= 0.6 is 0 Å². The summed E-state index contributed by atoms with van der Waals surface area (Å²) in [5, 5.41) is 9.34. The lowest BCUT2D eigenvalue weighted by Crippen LogP contribution is -2.63. The fourth-order valence-electron chi connectivity index (χ4n) is 3.69. The number of aliphatic hydroxyl groups excluding tert-OH is 1. The van der Waals surface area contributed by atoms with Crippen molar-refractivity contribution >= 4 is 0 Å². The maximum absolute atomic E-state index is 9.34. The molecule has 1 N–H and O–H groups in total. The Bertz CT molecular complexity index is 378. The minimum absolute atomic E-state index is 0.0174. The summed E-state index contributed by atoms with van der Waals surface area (Å²) >= 11 is 0. The zero-order valence-electron chi connectivity index (χ0n) is 16.7. The predicted octanol–water partition coefficient (Wildman–Crippen LogP) is 2.72. The smallest absolute Gasteiger partial charge is 0.162 e. The summed E-state index contributed by atoms with van der Waals surface area (Å²) in [6.07, 6.45) is 1.52. The number of rotatable bonds is 7. The maximum Gasteiger partial charge on any atom is 0.162 e. The molecule has 0 atom stereocenters. The summed E-state index contributed by atoms with van der Waals surface area (Å²) < 4.78 is 30.3. The van der Waals surface area contributed by atoms with Crippen molar-refractivity contribution in [2.24, 2.45) is 10.8 Å². The standard InChI is InChI=1S/C19H36O6/c1-7-18(11-22-16(3,4)23-12-18)15(21-10-9-20)19(8-2)13-24-17(5,6)25-14-19/h15,20H,7-14H2,1-6H3. The van der Waals surface area contributed by atoms with Crippen molar-refractivity contribution in [2.45, 2.75) is 72.1 Å². The lowest BCUT2D eigenvalue weighted by Gasteiger charge is -2.55. The van der Waals surface area contributed by atoms with Crippen LogP contribution in [0.5, 0.6) is 0 Å². The molecule has 0 radical (unpaired) electrons. The molecule has 2 heterocycles. The third-order valence-corrected chi connectivity index (χ3v) is 5.73. The highest BCUT2D eigenvalue weighted by Gasteiger charge is 2.56. The first kappa shape index (κ1) is 21.1. The van der Waals surface area contributed by atoms with Crippen LogP contribution in [0.4, 0.5) is 0 Å². The van der Waals surface area contributed by atoms with Gasteiger partial charge in [0.2, 0.25) is 0 Å². The van der Waals surface area contributed by atoms with Crippen LogP contribution in [0.3, 0.4) is 0 Å². The van der Waals surface area contributed by atoms with Crippen LogP contribution in [-0.4, -0.2) is 62.4 Å². The summed E-state index contributed by atoms with van der Waals surface area (Å²) in [5.41, 5.74) is -0.593. The number of ether oxygens (including phenoxy) is 5. The van der Waals surface area contributed by atoms with Crippen LogP contribution in [0.25, 0.3) is 0 Å². The normalized spacial score (nSPS) is 27.4. The van der Waals surface area contributed by atoms with Crippen LogP contribution in [0.2, 0.25) is 0 Å². The topological polar surface area (TPSA) is 66.4 Å². The molecule has 0 spiro atoms. The van der Waals surface area contributed by atoms with Crippen molar-refractivity contribution in [3.05, 3.63) is 0 Å². The molecule has 0 amide bonds. The highest BCUT2D eigenvalue weighted by molar-refractivity contribution is 5.01. The third-order valence-electron chi connectivity index (χ3n) is 5.73. The fourth-order valence-corrected chi connectivity index (χ4v) is 3.69. The largest absolute Gasteiger partial charge is 0.394 e. The monoisotopic (exact) mass is 360 g/mol. The highest BCUT2D eigenvalue weighted by Crippen LogP contribution is 2.48. The number of hydrogen-bond donors (Lipinski definition) is 1. The molecule has 0 bridgehead atoms. The molecule has 0 saturated carbocycles. The lowest BCUT2D eigenvalue weighted by molar-refractivity contribution is -0.343. The van der Waals surface area contributed by atoms with Crippen molar-refractivity contribution in [2.75, 3.05) is 39.6 Å². The van der Waals surface area contributed by atoms with Gasteiger partial charge >= 0.3 is 0 Å². The SMILES string of the molecule is CCC1(C(OCCO)C2(CC)COC(C)(C)OC2)COC(C)(C)OC1. The molecule has 0 aromatic carbocycles. The van der Waals surface area contributed by atoms with Crippen molar-refractivity contribution in [3.63, 3.8) is 0 Å². The quantitative estimate of drug-likeness (QED) is 0.753. The number of aliphatic hydroxyl groups is 1. The summed E-state index contributed by atoms with van der Waals surface area (Å²) in [4.78, 5) is 0. The second-order valence-electron chi connectivity index (χ2n) is 8.36. The van der Waals surface area contributed by atoms with E-state index in [0.29, 0.717) is 26.4 Å². The molecule has 6 nitrogen and oxygen atoms in total. The Kier molecular flexibility index (Phi) is 6.56. The zero-order valence-corrected chi connectivity index (χ0v) is 16.7. The molecule has 0 unspecified atom stereocenters. The molecule has 2 rings (SSSR count). The van der Waals surface area contributed by atoms with E-state index in [2.05, 4.69) is 13.8 Å². The van der Waals surface area contributed by atoms with E-state index in [0.717, 1.165) is 12.8 Å². The first-order chi connectivity index (χ1) is 11.6. The zero-order chi connectivity index (χ0) is 18.8. The van der Waals surface area contributed by atoms with Gasteiger partial charge < -0.3 is 28.8 Å². The van der Waals surface area contributed by atoms with E-state index in [4.69, 9.17) is 23.7 Å². The summed E-state index contributed by atoms with van der Waals surface area (Å²) in [6.45, 7) is 14.5. The summed E-state index contributed by atoms with van der Waals surface area (Å²) in [7, 11) is 0. The van der Waals surface area contributed by atoms with Gasteiger partial charge in [0, 0.05) is 10.8 Å². The van der Waals surface area contributed by atoms with E-state index in [1.165, 1.54) is 0 Å². The van der Waals surface area contributed by atoms with E-state index in [-0.39, 0.29) is 30.1 Å². The Labute approximate surface area is 152 Å². The van der Waals surface area contributed by atoms with Crippen molar-refractivity contribution in [1.82, 2.24) is 0 Å². The van der Waals surface area contributed by atoms with Gasteiger partial charge in [0.15, 0.2) is 11.6 Å². The van der Waals surface area contributed by atoms with Gasteiger partial charge in [0.05, 0.1) is 45.7 Å². The summed E-state index contributed by atoms with van der Waals surface area (Å²) in [6, 6.07) is 0. The number of hydrogen-bond acceptors (Lipinski definition) is 6. The van der Waals surface area contributed by atoms with Gasteiger partial charge in [-0.05, 0) is 40.5 Å². The Morgan fingerprint density at radius 1 is 0.800 bits per heavy atom. The maximum atomic E-state index is 9.34. The van der Waals surface area contributed by atoms with Gasteiger partial charge in [0.25, 0.3) is 0 Å². The van der Waals surface area contributed by atoms with Gasteiger partial charge in [-0.1, -0.05) is 13.8 Å². The molecule has 0 aliphatic carbocycles. The second-order valence-corrected chi connectivity index (χ2v) is 8.36. The Hall–Kier alpha value is -0.240. The van der Waals surface area contributed by atoms with Gasteiger partial charge in [-0.3, -0.25) is 0 Å². The first-order valence-corrected chi connectivity index (χ1v) is 9.42. The highest BCUT2D eigenvalue weighted by atomic mass is 16.7. The molecule has 2 aliphatic rings. The van der Waals surface area contributed by atoms with Crippen LogP contribution in [0.1, 0.15) is 54.4 Å². The van der Waals surface area contributed by atoms with E-state index >= 15 is 0 Å². The van der Waals surface area contributed by atoms with E-state index in [9.17, 15) is 5.11 Å². The minimum Gasteiger partial charge on any atom is -0.394 e. The fraction of sp³-hybridized carbons (Fsp3) is 1.00. The van der Waals surface area contributed by atoms with Gasteiger partial charge in [-0.25, -0.2) is 0 Å². The molecular formula is C19H36O6. The van der Waals surface area contributed by atoms with E-state index in [1.807, 2.05) is 27.7 Å². The minimum atomic E-state index is -0.582. The molecule has 2 aliphatic heterocycles.